The van der Waals surface area contributed by atoms with Crippen molar-refractivity contribution in [3.63, 3.8) is 0 Å². The van der Waals surface area contributed by atoms with Gasteiger partial charge in [0.25, 0.3) is 0 Å². The van der Waals surface area contributed by atoms with Crippen molar-refractivity contribution in [3.8, 4) is 0 Å². The highest BCUT2D eigenvalue weighted by atomic mass is 33.1. The Morgan fingerprint density at radius 2 is 2.17 bits per heavy atom. The van der Waals surface area contributed by atoms with Crippen LogP contribution >= 0.6 is 10.8 Å². The van der Waals surface area contributed by atoms with Gasteiger partial charge in [-0.05, 0) is 36.1 Å². The van der Waals surface area contributed by atoms with E-state index in [2.05, 4.69) is 5.32 Å². The highest BCUT2D eigenvalue weighted by Crippen LogP contribution is 2.27. The standard InChI is InChI=1S/C6H13NO3S2/c8-12(9,10)11-4-3-7-5-6-1-2-6/h6-7H,1-5H2,(H,8,9,10). The van der Waals surface area contributed by atoms with E-state index in [1.54, 1.807) is 0 Å². The molecular formula is C6H13NO3S2. The van der Waals surface area contributed by atoms with Crippen LogP contribution in [0.5, 0.6) is 0 Å². The Balaban J connectivity index is 1.88. The Bertz CT molecular complexity index is 223. The van der Waals surface area contributed by atoms with Gasteiger partial charge in [0.1, 0.15) is 0 Å². The fourth-order valence-electron chi connectivity index (χ4n) is 0.847. The van der Waals surface area contributed by atoms with Crippen molar-refractivity contribution >= 4 is 19.9 Å². The summed E-state index contributed by atoms with van der Waals surface area (Å²) in [7, 11) is -3.26. The van der Waals surface area contributed by atoms with E-state index < -0.39 is 9.15 Å². The normalized spacial score (nSPS) is 18.1. The highest BCUT2D eigenvalue weighted by Gasteiger charge is 2.20. The molecule has 0 heterocycles. The molecule has 0 bridgehead atoms. The predicted molar refractivity (Wildman–Crippen MR) is 49.6 cm³/mol. The summed E-state index contributed by atoms with van der Waals surface area (Å²) in [6.07, 6.45) is 2.58. The van der Waals surface area contributed by atoms with E-state index >= 15 is 0 Å². The maximum Gasteiger partial charge on any atom is 0.319 e. The number of hydrogen-bond donors (Lipinski definition) is 2. The topological polar surface area (TPSA) is 66.4 Å². The van der Waals surface area contributed by atoms with Crippen LogP contribution in [0.2, 0.25) is 0 Å². The summed E-state index contributed by atoms with van der Waals surface area (Å²) in [5, 5.41) is 3.12. The Morgan fingerprint density at radius 1 is 1.50 bits per heavy atom. The second-order valence-corrected chi connectivity index (χ2v) is 6.37. The molecular weight excluding hydrogens is 198 g/mol. The largest absolute Gasteiger partial charge is 0.319 e. The maximum absolute atomic E-state index is 10.2. The van der Waals surface area contributed by atoms with Crippen molar-refractivity contribution in [3.05, 3.63) is 0 Å². The third-order valence-corrected chi connectivity index (χ3v) is 3.70. The van der Waals surface area contributed by atoms with E-state index in [9.17, 15) is 8.42 Å². The minimum Gasteiger partial charge on any atom is -0.316 e. The van der Waals surface area contributed by atoms with Gasteiger partial charge >= 0.3 is 9.15 Å². The fourth-order valence-corrected chi connectivity index (χ4v) is 2.17. The second-order valence-electron chi connectivity index (χ2n) is 2.90. The highest BCUT2D eigenvalue weighted by molar-refractivity contribution is 8.69. The zero-order chi connectivity index (χ0) is 9.03. The molecule has 0 unspecified atom stereocenters. The first kappa shape index (κ1) is 10.3. The first-order chi connectivity index (χ1) is 5.58. The number of rotatable bonds is 6. The molecule has 1 rings (SSSR count). The Kier molecular flexibility index (Phi) is 3.82. The molecule has 0 aliphatic heterocycles. The molecule has 0 saturated heterocycles. The molecule has 0 atom stereocenters. The summed E-state index contributed by atoms with van der Waals surface area (Å²) < 4.78 is 28.8. The smallest absolute Gasteiger partial charge is 0.316 e. The van der Waals surface area contributed by atoms with Crippen LogP contribution < -0.4 is 5.32 Å². The van der Waals surface area contributed by atoms with E-state index in [0.717, 1.165) is 12.5 Å². The van der Waals surface area contributed by atoms with Gasteiger partial charge < -0.3 is 5.32 Å². The average molecular weight is 211 g/mol. The lowest BCUT2D eigenvalue weighted by atomic mass is 10.4. The fraction of sp³-hybridized carbons (Fsp3) is 1.00. The molecule has 1 aliphatic rings. The molecule has 1 saturated carbocycles. The zero-order valence-electron chi connectivity index (χ0n) is 6.69. The van der Waals surface area contributed by atoms with Gasteiger partial charge in [-0.15, -0.1) is 0 Å². The third-order valence-electron chi connectivity index (χ3n) is 1.64. The monoisotopic (exact) mass is 211 g/mol. The molecule has 2 N–H and O–H groups in total. The summed E-state index contributed by atoms with van der Waals surface area (Å²) >= 11 is 0. The lowest BCUT2D eigenvalue weighted by Gasteiger charge is -2.00. The lowest BCUT2D eigenvalue weighted by molar-refractivity contribution is 0.503. The summed E-state index contributed by atoms with van der Waals surface area (Å²) in [4.78, 5) is 0. The molecule has 0 aromatic heterocycles. The van der Waals surface area contributed by atoms with E-state index in [0.29, 0.717) is 23.1 Å². The molecule has 12 heavy (non-hydrogen) atoms. The minimum absolute atomic E-state index is 0.408. The molecule has 0 radical (unpaired) electrons. The van der Waals surface area contributed by atoms with E-state index in [1.165, 1.54) is 12.8 Å². The summed E-state index contributed by atoms with van der Waals surface area (Å²) in [5.74, 6) is 1.21. The summed E-state index contributed by atoms with van der Waals surface area (Å²) in [6.45, 7) is 1.62. The maximum atomic E-state index is 10.2. The molecule has 1 fully saturated rings. The van der Waals surface area contributed by atoms with Crippen LogP contribution in [0.4, 0.5) is 0 Å². The quantitative estimate of drug-likeness (QED) is 0.381. The summed E-state index contributed by atoms with van der Waals surface area (Å²) in [6, 6.07) is 0. The molecule has 0 amide bonds. The van der Waals surface area contributed by atoms with Gasteiger partial charge in [-0.25, -0.2) is 0 Å². The second kappa shape index (κ2) is 4.45. The van der Waals surface area contributed by atoms with Crippen molar-refractivity contribution in [2.45, 2.75) is 12.8 Å². The van der Waals surface area contributed by atoms with Crippen LogP contribution in [-0.2, 0) is 9.15 Å². The van der Waals surface area contributed by atoms with E-state index in [4.69, 9.17) is 4.55 Å². The third kappa shape index (κ3) is 5.82. The molecule has 72 valence electrons. The van der Waals surface area contributed by atoms with Crippen LogP contribution in [0.25, 0.3) is 0 Å². The van der Waals surface area contributed by atoms with Crippen LogP contribution in [-0.4, -0.2) is 31.8 Å². The first-order valence-electron chi connectivity index (χ1n) is 3.90. The first-order valence-corrected chi connectivity index (χ1v) is 6.85. The molecule has 0 aromatic rings. The summed E-state index contributed by atoms with van der Waals surface area (Å²) in [5.41, 5.74) is 0. The van der Waals surface area contributed by atoms with Gasteiger partial charge in [0.15, 0.2) is 0 Å². The molecule has 4 nitrogen and oxygen atoms in total. The molecule has 1 aliphatic carbocycles. The average Bonchev–Trinajstić information content (AvgIpc) is 2.68. The van der Waals surface area contributed by atoms with Crippen molar-refractivity contribution in [2.75, 3.05) is 18.8 Å². The van der Waals surface area contributed by atoms with Gasteiger partial charge in [-0.3, -0.25) is 4.55 Å². The van der Waals surface area contributed by atoms with E-state index in [-0.39, 0.29) is 0 Å². The van der Waals surface area contributed by atoms with E-state index in [1.807, 2.05) is 0 Å². The Hall–Kier alpha value is 0.220. The molecule has 0 spiro atoms. The zero-order valence-corrected chi connectivity index (χ0v) is 8.33. The number of nitrogens with one attached hydrogen (secondary N) is 1. The van der Waals surface area contributed by atoms with Crippen molar-refractivity contribution < 1.29 is 13.0 Å². The SMILES string of the molecule is O=S(=O)(O)SCCNCC1CC1. The van der Waals surface area contributed by atoms with Gasteiger partial charge in [0.05, 0.1) is 0 Å². The van der Waals surface area contributed by atoms with Gasteiger partial charge in [-0.1, -0.05) is 0 Å². The lowest BCUT2D eigenvalue weighted by Crippen LogP contribution is -2.20. The molecule has 0 aromatic carbocycles. The van der Waals surface area contributed by atoms with Crippen LogP contribution in [0.15, 0.2) is 0 Å². The van der Waals surface area contributed by atoms with Crippen LogP contribution in [0.3, 0.4) is 0 Å². The Morgan fingerprint density at radius 3 is 2.67 bits per heavy atom. The van der Waals surface area contributed by atoms with Gasteiger partial charge in [0.2, 0.25) is 0 Å². The number of hydrogen-bond acceptors (Lipinski definition) is 4. The van der Waals surface area contributed by atoms with Crippen molar-refractivity contribution in [1.82, 2.24) is 5.32 Å². The Labute approximate surface area is 76.3 Å². The predicted octanol–water partition coefficient (Wildman–Crippen LogP) is 0.522. The van der Waals surface area contributed by atoms with Gasteiger partial charge in [-0.2, -0.15) is 8.42 Å². The van der Waals surface area contributed by atoms with Crippen LogP contribution in [0.1, 0.15) is 12.8 Å². The molecule has 6 heteroatoms. The van der Waals surface area contributed by atoms with Crippen molar-refractivity contribution in [1.29, 1.82) is 0 Å². The minimum atomic E-state index is -3.83. The van der Waals surface area contributed by atoms with Crippen LogP contribution in [0, 0.1) is 5.92 Å². The van der Waals surface area contributed by atoms with Crippen molar-refractivity contribution in [2.24, 2.45) is 5.92 Å². The van der Waals surface area contributed by atoms with Gasteiger partial charge in [0, 0.05) is 12.3 Å².